The zero-order valence-electron chi connectivity index (χ0n) is 18.7. The van der Waals surface area contributed by atoms with Crippen molar-refractivity contribution in [2.75, 3.05) is 16.1 Å². The molecule has 182 valence electrons. The second kappa shape index (κ2) is 11.4. The number of hydrogen-bond acceptors (Lipinski definition) is 9. The number of rotatable bonds is 10. The Morgan fingerprint density at radius 3 is 1.69 bits per heavy atom. The van der Waals surface area contributed by atoms with Gasteiger partial charge in [0.2, 0.25) is 17.8 Å². The summed E-state index contributed by atoms with van der Waals surface area (Å²) in [6.45, 7) is 0.681. The van der Waals surface area contributed by atoms with Crippen molar-refractivity contribution < 1.29 is 13.7 Å². The van der Waals surface area contributed by atoms with E-state index < -0.39 is 4.92 Å². The van der Waals surface area contributed by atoms with Gasteiger partial charge in [-0.15, -0.1) is 0 Å². The molecule has 3 N–H and O–H groups in total. The Bertz CT molecular complexity index is 1280. The fraction of sp³-hybridized carbons (Fsp3) is 0.0833. The van der Waals surface area contributed by atoms with Crippen LogP contribution in [-0.4, -0.2) is 26.1 Å². The molecule has 10 nitrogen and oxygen atoms in total. The van der Waals surface area contributed by atoms with Crippen molar-refractivity contribution in [3.8, 4) is 0 Å². The maximum absolute atomic E-state index is 13.2. The van der Waals surface area contributed by atoms with Crippen LogP contribution in [-0.2, 0) is 13.1 Å². The Labute approximate surface area is 204 Å². The van der Waals surface area contributed by atoms with E-state index >= 15 is 0 Å². The highest BCUT2D eigenvalue weighted by Crippen LogP contribution is 2.14. The van der Waals surface area contributed by atoms with Gasteiger partial charge in [-0.1, -0.05) is 24.3 Å². The molecule has 0 aliphatic rings. The second-order valence-electron chi connectivity index (χ2n) is 7.48. The third-order valence-electron chi connectivity index (χ3n) is 4.85. The summed E-state index contributed by atoms with van der Waals surface area (Å²) in [5.41, 5.74) is 4.97. The molecular weight excluding hydrogens is 470 g/mol. The smallest absolute Gasteiger partial charge is 0.269 e. The molecule has 0 saturated heterocycles. The first-order valence-corrected chi connectivity index (χ1v) is 10.7. The molecule has 0 fully saturated rings. The lowest BCUT2D eigenvalue weighted by Gasteiger charge is -2.10. The van der Waals surface area contributed by atoms with E-state index in [1.165, 1.54) is 42.6 Å². The van der Waals surface area contributed by atoms with Crippen molar-refractivity contribution in [2.45, 2.75) is 13.1 Å². The number of halogens is 2. The van der Waals surface area contributed by atoms with E-state index in [1.54, 1.807) is 36.4 Å². The Morgan fingerprint density at radius 1 is 0.750 bits per heavy atom. The molecule has 1 aromatic heterocycles. The van der Waals surface area contributed by atoms with Crippen LogP contribution in [0.2, 0.25) is 0 Å². The number of nitro benzene ring substituents is 1. The molecule has 0 amide bonds. The molecule has 4 rings (SSSR count). The van der Waals surface area contributed by atoms with Gasteiger partial charge in [0, 0.05) is 25.2 Å². The molecule has 1 heterocycles. The third kappa shape index (κ3) is 7.00. The molecule has 12 heteroatoms. The molecule has 0 spiro atoms. The number of non-ortho nitro benzene ring substituents is 1. The van der Waals surface area contributed by atoms with Crippen molar-refractivity contribution in [2.24, 2.45) is 5.10 Å². The summed E-state index contributed by atoms with van der Waals surface area (Å²) in [7, 11) is 0. The standard InChI is InChI=1S/C24H20F2N8O2/c25-19-7-1-16(2-8-19)13-27-22-30-23(28-14-17-3-9-20(26)10-4-17)32-24(31-22)33-29-15-18-5-11-21(12-6-18)34(35)36/h1-12,15H,13-14H2,(H3,27,28,30,31,32,33)/b29-15+. The lowest BCUT2D eigenvalue weighted by Crippen LogP contribution is -2.11. The van der Waals surface area contributed by atoms with Crippen molar-refractivity contribution >= 4 is 29.7 Å². The van der Waals surface area contributed by atoms with Crippen molar-refractivity contribution in [3.63, 3.8) is 0 Å². The first-order chi connectivity index (χ1) is 17.4. The van der Waals surface area contributed by atoms with Crippen LogP contribution < -0.4 is 16.1 Å². The maximum Gasteiger partial charge on any atom is 0.269 e. The summed E-state index contributed by atoms with van der Waals surface area (Å²) in [6, 6.07) is 17.9. The lowest BCUT2D eigenvalue weighted by atomic mass is 10.2. The van der Waals surface area contributed by atoms with E-state index in [0.717, 1.165) is 11.1 Å². The normalized spacial score (nSPS) is 10.8. The second-order valence-corrected chi connectivity index (χ2v) is 7.48. The summed E-state index contributed by atoms with van der Waals surface area (Å²) in [5.74, 6) is -0.0496. The SMILES string of the molecule is O=[N+]([O-])c1ccc(/C=N/Nc2nc(NCc3ccc(F)cc3)nc(NCc3ccc(F)cc3)n2)cc1. The van der Waals surface area contributed by atoms with Gasteiger partial charge in [-0.3, -0.25) is 10.1 Å². The molecule has 4 aromatic rings. The molecule has 3 aromatic carbocycles. The first-order valence-electron chi connectivity index (χ1n) is 10.7. The van der Waals surface area contributed by atoms with Gasteiger partial charge >= 0.3 is 0 Å². The van der Waals surface area contributed by atoms with Gasteiger partial charge in [0.25, 0.3) is 5.69 Å². The fourth-order valence-electron chi connectivity index (χ4n) is 3.00. The minimum Gasteiger partial charge on any atom is -0.350 e. The van der Waals surface area contributed by atoms with Gasteiger partial charge < -0.3 is 10.6 Å². The first kappa shape index (κ1) is 24.1. The number of benzene rings is 3. The van der Waals surface area contributed by atoms with Gasteiger partial charge in [-0.05, 0) is 53.1 Å². The van der Waals surface area contributed by atoms with Crippen LogP contribution in [0.25, 0.3) is 0 Å². The Balaban J connectivity index is 1.48. The van der Waals surface area contributed by atoms with Crippen LogP contribution in [0.3, 0.4) is 0 Å². The number of nitrogens with one attached hydrogen (secondary N) is 3. The predicted octanol–water partition coefficient (Wildman–Crippen LogP) is 4.73. The number of hydrazone groups is 1. The maximum atomic E-state index is 13.2. The summed E-state index contributed by atoms with van der Waals surface area (Å²) >= 11 is 0. The minimum atomic E-state index is -0.481. The quantitative estimate of drug-likeness (QED) is 0.165. The van der Waals surface area contributed by atoms with Crippen LogP contribution in [0, 0.1) is 21.7 Å². The monoisotopic (exact) mass is 490 g/mol. The molecule has 36 heavy (non-hydrogen) atoms. The zero-order valence-corrected chi connectivity index (χ0v) is 18.7. The number of hydrogen-bond donors (Lipinski definition) is 3. The van der Waals surface area contributed by atoms with Crippen LogP contribution in [0.5, 0.6) is 0 Å². The van der Waals surface area contributed by atoms with Crippen LogP contribution in [0.15, 0.2) is 77.9 Å². The summed E-state index contributed by atoms with van der Waals surface area (Å²) in [4.78, 5) is 23.2. The van der Waals surface area contributed by atoms with Gasteiger partial charge in [-0.25, -0.2) is 14.2 Å². The number of anilines is 3. The number of aromatic nitrogens is 3. The van der Waals surface area contributed by atoms with Crippen molar-refractivity contribution in [1.29, 1.82) is 0 Å². The summed E-state index contributed by atoms with van der Waals surface area (Å²) < 4.78 is 26.3. The highest BCUT2D eigenvalue weighted by Gasteiger charge is 2.08. The molecule has 0 radical (unpaired) electrons. The van der Waals surface area contributed by atoms with E-state index in [0.29, 0.717) is 18.7 Å². The zero-order chi connectivity index (χ0) is 25.3. The third-order valence-corrected chi connectivity index (χ3v) is 4.85. The van der Waals surface area contributed by atoms with Gasteiger partial charge in [-0.2, -0.15) is 20.1 Å². The van der Waals surface area contributed by atoms with Crippen LogP contribution in [0.1, 0.15) is 16.7 Å². The number of nitro groups is 1. The van der Waals surface area contributed by atoms with E-state index in [-0.39, 0.29) is 35.2 Å². The molecule has 0 aliphatic heterocycles. The van der Waals surface area contributed by atoms with E-state index in [9.17, 15) is 18.9 Å². The highest BCUT2D eigenvalue weighted by atomic mass is 19.1. The molecule has 0 aliphatic carbocycles. The lowest BCUT2D eigenvalue weighted by molar-refractivity contribution is -0.384. The number of nitrogens with zero attached hydrogens (tertiary/aromatic N) is 5. The predicted molar refractivity (Wildman–Crippen MR) is 132 cm³/mol. The average molecular weight is 490 g/mol. The largest absolute Gasteiger partial charge is 0.350 e. The average Bonchev–Trinajstić information content (AvgIpc) is 2.88. The topological polar surface area (TPSA) is 130 Å². The highest BCUT2D eigenvalue weighted by molar-refractivity contribution is 5.80. The fourth-order valence-corrected chi connectivity index (χ4v) is 3.00. The van der Waals surface area contributed by atoms with Crippen LogP contribution >= 0.6 is 0 Å². The van der Waals surface area contributed by atoms with Crippen molar-refractivity contribution in [3.05, 3.63) is 111 Å². The Morgan fingerprint density at radius 2 is 1.22 bits per heavy atom. The van der Waals surface area contributed by atoms with E-state index in [4.69, 9.17) is 0 Å². The Hall–Kier alpha value is -5.00. The molecular formula is C24H20F2N8O2. The van der Waals surface area contributed by atoms with Gasteiger partial charge in [0.15, 0.2) is 0 Å². The van der Waals surface area contributed by atoms with Gasteiger partial charge in [0.1, 0.15) is 11.6 Å². The van der Waals surface area contributed by atoms with E-state index in [2.05, 4.69) is 36.1 Å². The molecule has 0 saturated carbocycles. The molecule has 0 unspecified atom stereocenters. The molecule has 0 atom stereocenters. The van der Waals surface area contributed by atoms with Crippen LogP contribution in [0.4, 0.5) is 32.3 Å². The van der Waals surface area contributed by atoms with Crippen molar-refractivity contribution in [1.82, 2.24) is 15.0 Å². The summed E-state index contributed by atoms with van der Waals surface area (Å²) in [5, 5.41) is 21.0. The Kier molecular flexibility index (Phi) is 7.66. The van der Waals surface area contributed by atoms with E-state index in [1.807, 2.05) is 0 Å². The minimum absolute atomic E-state index is 0.0219. The molecule has 0 bridgehead atoms. The van der Waals surface area contributed by atoms with Gasteiger partial charge in [0.05, 0.1) is 11.1 Å². The summed E-state index contributed by atoms with van der Waals surface area (Å²) in [6.07, 6.45) is 1.46.